The molecule has 0 amide bonds. The van der Waals surface area contributed by atoms with Crippen molar-refractivity contribution in [2.75, 3.05) is 20.1 Å². The number of benzene rings is 1. The molecule has 2 heterocycles. The van der Waals surface area contributed by atoms with Crippen LogP contribution >= 0.6 is 0 Å². The van der Waals surface area contributed by atoms with Gasteiger partial charge in [0.1, 0.15) is 11.6 Å². The van der Waals surface area contributed by atoms with Gasteiger partial charge in [0.25, 0.3) is 0 Å². The molecule has 10 heteroatoms. The van der Waals surface area contributed by atoms with Gasteiger partial charge in [-0.1, -0.05) is 6.07 Å². The number of aromatic hydroxyl groups is 1. The van der Waals surface area contributed by atoms with E-state index in [0.717, 1.165) is 47.5 Å². The van der Waals surface area contributed by atoms with Crippen LogP contribution < -0.4 is 21.7 Å². The molecule has 1 aromatic rings. The zero-order valence-corrected chi connectivity index (χ0v) is 19.6. The van der Waals surface area contributed by atoms with Crippen LogP contribution in [0.3, 0.4) is 0 Å². The summed E-state index contributed by atoms with van der Waals surface area (Å²) in [7, 11) is -0.804. The predicted octanol–water partition coefficient (Wildman–Crippen LogP) is -2.33. The van der Waals surface area contributed by atoms with Crippen LogP contribution in [0.2, 0.25) is 0 Å². The van der Waals surface area contributed by atoms with Crippen molar-refractivity contribution in [2.45, 2.75) is 61.7 Å². The average Bonchev–Trinajstić information content (AvgIpc) is 3.39. The van der Waals surface area contributed by atoms with Crippen molar-refractivity contribution in [1.29, 1.82) is 0 Å². The molecule has 3 aliphatic carbocycles. The number of carbonyl (C=O) groups excluding carboxylic acids is 1. The Morgan fingerprint density at radius 1 is 1.23 bits per heavy atom. The molecule has 2 aliphatic heterocycles. The first-order valence-electron chi connectivity index (χ1n) is 10.5. The molecule has 1 saturated heterocycles. The molecule has 2 bridgehead atoms. The minimum Gasteiger partial charge on any atom is -1.00 e. The fourth-order valence-electron chi connectivity index (χ4n) is 6.94. The van der Waals surface area contributed by atoms with Crippen LogP contribution in [0.1, 0.15) is 43.2 Å². The molecule has 0 aromatic heterocycles. The van der Waals surface area contributed by atoms with E-state index in [9.17, 15) is 15.0 Å². The number of phenolic OH excluding ortho intramolecular Hbond substituents is 1. The predicted molar refractivity (Wildman–Crippen MR) is 104 cm³/mol. The van der Waals surface area contributed by atoms with Crippen molar-refractivity contribution in [3.63, 3.8) is 0 Å². The first kappa shape index (κ1) is 22.7. The second-order valence-electron chi connectivity index (χ2n) is 9.81. The summed E-state index contributed by atoms with van der Waals surface area (Å²) in [4.78, 5) is 12.8. The molecule has 8 nitrogen and oxygen atoms in total. The Labute approximate surface area is 192 Å². The maximum Gasteiger partial charge on any atom is 0.425 e. The van der Waals surface area contributed by atoms with Gasteiger partial charge in [-0.3, -0.25) is 4.79 Å². The third-order valence-electron chi connectivity index (χ3n) is 8.28. The van der Waals surface area contributed by atoms with Gasteiger partial charge < -0.3 is 36.4 Å². The first-order chi connectivity index (χ1) is 14.1. The lowest BCUT2D eigenvalue weighted by molar-refractivity contribution is -0.950. The van der Waals surface area contributed by atoms with Crippen LogP contribution in [-0.2, 0) is 27.2 Å². The van der Waals surface area contributed by atoms with Crippen molar-refractivity contribution >= 4 is 16.4 Å². The first-order valence-corrected chi connectivity index (χ1v) is 11.5. The van der Waals surface area contributed by atoms with Crippen molar-refractivity contribution in [1.82, 2.24) is 0 Å². The minimum atomic E-state index is -3.11. The molecule has 3 fully saturated rings. The van der Waals surface area contributed by atoms with Gasteiger partial charge in [0, 0.05) is 30.7 Å². The van der Waals surface area contributed by atoms with Crippen molar-refractivity contribution in [3.8, 4) is 11.5 Å². The molecule has 1 spiro atoms. The molecule has 5 aliphatic rings. The largest absolute Gasteiger partial charge is 1.00 e. The summed E-state index contributed by atoms with van der Waals surface area (Å²) in [5.74, 6) is 1.42. The lowest BCUT2D eigenvalue weighted by Gasteiger charge is -2.64. The van der Waals surface area contributed by atoms with E-state index < -0.39 is 27.7 Å². The monoisotopic (exact) mass is 515 g/mol. The molecule has 2 N–H and O–H groups in total. The molecule has 170 valence electrons. The molecule has 0 radical (unpaired) electrons. The van der Waals surface area contributed by atoms with E-state index in [1.807, 2.05) is 6.07 Å². The third-order valence-corrected chi connectivity index (χ3v) is 8.28. The van der Waals surface area contributed by atoms with E-state index in [0.29, 0.717) is 18.6 Å². The number of Topliss-reactive ketones (excluding diaryl/α,β-unsaturated/α-hetero) is 1. The Balaban J connectivity index is 0.000000429. The summed E-state index contributed by atoms with van der Waals surface area (Å²) in [5, 5.41) is 22.5. The minimum absolute atomic E-state index is 0. The maximum absolute atomic E-state index is 12.8. The van der Waals surface area contributed by atoms with E-state index in [4.69, 9.17) is 17.4 Å². The van der Waals surface area contributed by atoms with E-state index in [1.165, 1.54) is 12.8 Å². The smallest absolute Gasteiger partial charge is 0.425 e. The molecule has 1 aromatic carbocycles. The summed E-state index contributed by atoms with van der Waals surface area (Å²) in [5.41, 5.74) is 0.492. The summed E-state index contributed by atoms with van der Waals surface area (Å²) < 4.78 is 32.3. The molecule has 2 saturated carbocycles. The lowest BCUT2D eigenvalue weighted by atomic mass is 9.48. The van der Waals surface area contributed by atoms with Crippen LogP contribution in [0.15, 0.2) is 12.1 Å². The zero-order chi connectivity index (χ0) is 21.5. The summed E-state index contributed by atoms with van der Waals surface area (Å²) in [6.07, 6.45) is 4.42. The number of phenols is 1. The molecule has 1 unspecified atom stereocenters. The topological polar surface area (TPSA) is 118 Å². The highest BCUT2D eigenvalue weighted by atomic mass is 79.9. The number of likely N-dealkylation sites (tertiary alicyclic amines) is 1. The van der Waals surface area contributed by atoms with Gasteiger partial charge in [-0.05, 0) is 30.9 Å². The number of halogens is 1. The number of carbonyl (C=O) groups is 1. The normalized spacial score (nSPS) is 38.7. The maximum atomic E-state index is 12.8. The number of quaternary nitrogens is 1. The van der Waals surface area contributed by atoms with Crippen LogP contribution in [0, 0.1) is 5.92 Å². The van der Waals surface area contributed by atoms with Gasteiger partial charge >= 0.3 is 10.6 Å². The molecular formula is C21H26BrNO7S. The van der Waals surface area contributed by atoms with Gasteiger partial charge in [0.15, 0.2) is 23.4 Å². The van der Waals surface area contributed by atoms with E-state index in [-0.39, 0.29) is 34.6 Å². The summed E-state index contributed by atoms with van der Waals surface area (Å²) >= 11 is 0. The highest BCUT2D eigenvalue weighted by molar-refractivity contribution is 7.59. The summed E-state index contributed by atoms with van der Waals surface area (Å²) in [6, 6.07) is 3.77. The third kappa shape index (κ3) is 3.02. The standard InChI is InChI=1S/C21H25NO4.BrH.O3S/c1-22(11-12-2-3-12)9-8-20-17-13-4-5-14(23)18(17)26-19(20)15(24)6-7-21(20,25)16(22)10-13;;1-4(2)3/h4-5,12,16,19,25H,2-3,6-11H2,1H3;1H;/t16-,19+,20+,21-,22?;;/m1../s1. The van der Waals surface area contributed by atoms with Gasteiger partial charge in [-0.15, -0.1) is 12.6 Å². The Bertz CT molecular complexity index is 1050. The van der Waals surface area contributed by atoms with Gasteiger partial charge in [0.2, 0.25) is 0 Å². The number of ether oxygens (including phenoxy) is 1. The summed E-state index contributed by atoms with van der Waals surface area (Å²) in [6.45, 7) is 2.09. The quantitative estimate of drug-likeness (QED) is 0.424. The Kier molecular flexibility index (Phi) is 5.32. The Hall–Kier alpha value is -1.49. The molecule has 31 heavy (non-hydrogen) atoms. The van der Waals surface area contributed by atoms with Gasteiger partial charge in [-0.2, -0.15) is 0 Å². The molecular weight excluding hydrogens is 490 g/mol. The lowest BCUT2D eigenvalue weighted by Crippen LogP contribution is -3.00. The van der Waals surface area contributed by atoms with Crippen LogP contribution in [0.5, 0.6) is 11.5 Å². The van der Waals surface area contributed by atoms with Crippen LogP contribution in [0.4, 0.5) is 0 Å². The van der Waals surface area contributed by atoms with Crippen LogP contribution in [0.25, 0.3) is 0 Å². The number of likely N-dealkylation sites (N-methyl/N-ethyl adjacent to an activating group) is 1. The number of aliphatic hydroxyl groups is 1. The molecule has 6 rings (SSSR count). The highest BCUT2D eigenvalue weighted by Crippen LogP contribution is 2.65. The van der Waals surface area contributed by atoms with Crippen molar-refractivity contribution in [2.24, 2.45) is 5.92 Å². The number of hydrogen-bond donors (Lipinski definition) is 2. The van der Waals surface area contributed by atoms with Gasteiger partial charge in [0.05, 0.1) is 25.6 Å². The van der Waals surface area contributed by atoms with Gasteiger partial charge in [-0.25, -0.2) is 0 Å². The number of nitrogens with zero attached hydrogens (tertiary/aromatic N) is 1. The average molecular weight is 516 g/mol. The fraction of sp³-hybridized carbons (Fsp3) is 0.667. The van der Waals surface area contributed by atoms with Crippen molar-refractivity contribution < 1.29 is 53.8 Å². The number of ketones is 1. The van der Waals surface area contributed by atoms with Crippen molar-refractivity contribution in [3.05, 3.63) is 23.3 Å². The highest BCUT2D eigenvalue weighted by Gasteiger charge is 2.76. The van der Waals surface area contributed by atoms with E-state index >= 15 is 0 Å². The number of rotatable bonds is 2. The SMILES string of the molecule is C[N+]1(CC2CC2)CC[C@]23c4c5ccc(O)c4O[C@H]2C(=O)CC[C@@]3(O)[C@H]1C5.O=S(=O)=O.[Br-]. The molecule has 5 atom stereocenters. The van der Waals surface area contributed by atoms with E-state index in [2.05, 4.69) is 7.05 Å². The second-order valence-corrected chi connectivity index (χ2v) is 10.2. The van der Waals surface area contributed by atoms with Crippen LogP contribution in [-0.4, -0.2) is 71.0 Å². The van der Waals surface area contributed by atoms with E-state index in [1.54, 1.807) is 6.07 Å². The Morgan fingerprint density at radius 3 is 2.55 bits per heavy atom. The Morgan fingerprint density at radius 2 is 1.90 bits per heavy atom. The number of hydrogen-bond acceptors (Lipinski definition) is 7. The number of piperidine rings is 1. The zero-order valence-electron chi connectivity index (χ0n) is 17.2. The second kappa shape index (κ2) is 7.26. The fourth-order valence-corrected chi connectivity index (χ4v) is 6.94.